The predicted octanol–water partition coefficient (Wildman–Crippen LogP) is 1.05. The van der Waals surface area contributed by atoms with Gasteiger partial charge in [-0.25, -0.2) is 8.42 Å². The molecule has 5 nitrogen and oxygen atoms in total. The van der Waals surface area contributed by atoms with Gasteiger partial charge >= 0.3 is 0 Å². The fourth-order valence-corrected chi connectivity index (χ4v) is 3.47. The number of rotatable bonds is 2. The van der Waals surface area contributed by atoms with Crippen LogP contribution < -0.4 is 0 Å². The third-order valence-corrected chi connectivity index (χ3v) is 5.35. The van der Waals surface area contributed by atoms with Gasteiger partial charge < -0.3 is 0 Å². The molecule has 0 spiro atoms. The minimum atomic E-state index is -3.39. The molecule has 2 unspecified atom stereocenters. The van der Waals surface area contributed by atoms with E-state index in [-0.39, 0.29) is 16.2 Å². The largest absolute Gasteiger partial charge is 0.284 e. The second kappa shape index (κ2) is 4.35. The maximum atomic E-state index is 12.1. The number of piperidine rings is 1. The number of sulfonamides is 1. The molecule has 1 aromatic rings. The highest BCUT2D eigenvalue weighted by Crippen LogP contribution is 2.26. The van der Waals surface area contributed by atoms with Crippen LogP contribution >= 0.6 is 11.6 Å². The van der Waals surface area contributed by atoms with Gasteiger partial charge in [-0.1, -0.05) is 6.92 Å². The smallest absolute Gasteiger partial charge is 0.246 e. The van der Waals surface area contributed by atoms with Crippen LogP contribution in [0.1, 0.15) is 13.3 Å². The first-order valence-electron chi connectivity index (χ1n) is 5.15. The summed E-state index contributed by atoms with van der Waals surface area (Å²) in [5, 5.41) is 6.24. The van der Waals surface area contributed by atoms with E-state index in [0.29, 0.717) is 19.5 Å². The first-order chi connectivity index (χ1) is 7.51. The second-order valence-corrected chi connectivity index (χ2v) is 6.58. The fourth-order valence-electron chi connectivity index (χ4n) is 1.83. The summed E-state index contributed by atoms with van der Waals surface area (Å²) in [6, 6.07) is 0. The van der Waals surface area contributed by atoms with Crippen LogP contribution in [0.25, 0.3) is 0 Å². The van der Waals surface area contributed by atoms with Gasteiger partial charge in [0.05, 0.1) is 6.20 Å². The summed E-state index contributed by atoms with van der Waals surface area (Å²) in [6.45, 7) is 2.92. The van der Waals surface area contributed by atoms with E-state index in [1.165, 1.54) is 16.7 Å². The van der Waals surface area contributed by atoms with Crippen LogP contribution in [-0.4, -0.2) is 41.4 Å². The van der Waals surface area contributed by atoms with E-state index < -0.39 is 10.0 Å². The topological polar surface area (TPSA) is 66.1 Å². The number of aromatic nitrogens is 2. The molecule has 1 aliphatic heterocycles. The molecule has 1 aliphatic rings. The lowest BCUT2D eigenvalue weighted by Crippen LogP contribution is -2.43. The lowest BCUT2D eigenvalue weighted by atomic mass is 10.0. The zero-order valence-electron chi connectivity index (χ0n) is 8.93. The number of hydrogen-bond donors (Lipinski definition) is 1. The molecule has 1 N–H and O–H groups in total. The van der Waals surface area contributed by atoms with Gasteiger partial charge in [-0.2, -0.15) is 9.40 Å². The lowest BCUT2D eigenvalue weighted by molar-refractivity contribution is 0.286. The highest BCUT2D eigenvalue weighted by Gasteiger charge is 2.32. The van der Waals surface area contributed by atoms with Crippen molar-refractivity contribution in [2.24, 2.45) is 5.92 Å². The van der Waals surface area contributed by atoms with Gasteiger partial charge in [-0.15, -0.1) is 11.6 Å². The van der Waals surface area contributed by atoms with Gasteiger partial charge in [0.1, 0.15) is 4.90 Å². The van der Waals surface area contributed by atoms with Crippen LogP contribution in [0.5, 0.6) is 0 Å². The number of nitrogens with one attached hydrogen (secondary N) is 1. The van der Waals surface area contributed by atoms with Crippen molar-refractivity contribution < 1.29 is 8.42 Å². The monoisotopic (exact) mass is 263 g/mol. The molecule has 2 atom stereocenters. The first kappa shape index (κ1) is 11.9. The Hall–Kier alpha value is -0.590. The molecule has 90 valence electrons. The molecular weight excluding hydrogens is 250 g/mol. The summed E-state index contributed by atoms with van der Waals surface area (Å²) in [4.78, 5) is 0.215. The zero-order chi connectivity index (χ0) is 11.8. The standard InChI is InChI=1S/C9H14ClN3O2S/c1-7-6-13(3-2-9(7)10)16(14,15)8-4-11-12-5-8/h4-5,7,9H,2-3,6H2,1H3,(H,11,12). The Morgan fingerprint density at radius 1 is 1.62 bits per heavy atom. The van der Waals surface area contributed by atoms with Crippen molar-refractivity contribution in [1.29, 1.82) is 0 Å². The van der Waals surface area contributed by atoms with Crippen LogP contribution in [0.3, 0.4) is 0 Å². The molecular formula is C9H14ClN3O2S. The third-order valence-electron chi connectivity index (χ3n) is 2.87. The number of hydrogen-bond acceptors (Lipinski definition) is 3. The molecule has 7 heteroatoms. The lowest BCUT2D eigenvalue weighted by Gasteiger charge is -2.32. The average Bonchev–Trinajstić information content (AvgIpc) is 2.75. The van der Waals surface area contributed by atoms with Crippen LogP contribution in [0.4, 0.5) is 0 Å². The van der Waals surface area contributed by atoms with Crippen LogP contribution in [0.2, 0.25) is 0 Å². The summed E-state index contributed by atoms with van der Waals surface area (Å²) in [7, 11) is -3.39. The van der Waals surface area contributed by atoms with Gasteiger partial charge in [-0.05, 0) is 12.3 Å². The van der Waals surface area contributed by atoms with Crippen LogP contribution in [0.15, 0.2) is 17.3 Å². The van der Waals surface area contributed by atoms with Crippen LogP contribution in [-0.2, 0) is 10.0 Å². The molecule has 0 amide bonds. The molecule has 0 aliphatic carbocycles. The maximum Gasteiger partial charge on any atom is 0.246 e. The molecule has 16 heavy (non-hydrogen) atoms. The van der Waals surface area contributed by atoms with E-state index in [4.69, 9.17) is 11.6 Å². The van der Waals surface area contributed by atoms with Gasteiger partial charge in [0.2, 0.25) is 10.0 Å². The van der Waals surface area contributed by atoms with Crippen molar-refractivity contribution in [3.05, 3.63) is 12.4 Å². The summed E-state index contributed by atoms with van der Waals surface area (Å²) in [6.07, 6.45) is 3.42. The Balaban J connectivity index is 2.20. The molecule has 2 heterocycles. The second-order valence-electron chi connectivity index (χ2n) is 4.08. The molecule has 0 saturated carbocycles. The number of H-pyrrole nitrogens is 1. The zero-order valence-corrected chi connectivity index (χ0v) is 10.5. The van der Waals surface area contributed by atoms with E-state index in [1.807, 2.05) is 6.92 Å². The van der Waals surface area contributed by atoms with E-state index in [1.54, 1.807) is 0 Å². The molecule has 2 rings (SSSR count). The Morgan fingerprint density at radius 3 is 2.94 bits per heavy atom. The third kappa shape index (κ3) is 2.09. The Bertz CT molecular complexity index is 445. The fraction of sp³-hybridized carbons (Fsp3) is 0.667. The van der Waals surface area contributed by atoms with E-state index in [0.717, 1.165) is 0 Å². The highest BCUT2D eigenvalue weighted by molar-refractivity contribution is 7.89. The Labute approximate surface area is 99.8 Å². The van der Waals surface area contributed by atoms with Crippen molar-refractivity contribution in [2.75, 3.05) is 13.1 Å². The van der Waals surface area contributed by atoms with Crippen molar-refractivity contribution in [3.63, 3.8) is 0 Å². The number of alkyl halides is 1. The Kier molecular flexibility index (Phi) is 3.23. The van der Waals surface area contributed by atoms with Gasteiger partial charge in [0, 0.05) is 24.7 Å². The van der Waals surface area contributed by atoms with Gasteiger partial charge in [-0.3, -0.25) is 5.10 Å². The number of aromatic amines is 1. The first-order valence-corrected chi connectivity index (χ1v) is 7.02. The minimum absolute atomic E-state index is 0.0656. The maximum absolute atomic E-state index is 12.1. The predicted molar refractivity (Wildman–Crippen MR) is 60.8 cm³/mol. The quantitative estimate of drug-likeness (QED) is 0.811. The molecule has 1 aromatic heterocycles. The van der Waals surface area contributed by atoms with E-state index >= 15 is 0 Å². The van der Waals surface area contributed by atoms with E-state index in [2.05, 4.69) is 10.2 Å². The Morgan fingerprint density at radius 2 is 2.38 bits per heavy atom. The molecule has 0 radical (unpaired) electrons. The molecule has 0 aromatic carbocycles. The molecule has 1 saturated heterocycles. The van der Waals surface area contributed by atoms with Crippen molar-refractivity contribution in [3.8, 4) is 0 Å². The highest BCUT2D eigenvalue weighted by atomic mass is 35.5. The minimum Gasteiger partial charge on any atom is -0.284 e. The number of halogens is 1. The normalized spacial score (nSPS) is 28.1. The SMILES string of the molecule is CC1CN(S(=O)(=O)c2cn[nH]c2)CCC1Cl. The average molecular weight is 264 g/mol. The van der Waals surface area contributed by atoms with E-state index in [9.17, 15) is 8.42 Å². The van der Waals surface area contributed by atoms with Crippen molar-refractivity contribution >= 4 is 21.6 Å². The summed E-state index contributed by atoms with van der Waals surface area (Å²) < 4.78 is 25.7. The molecule has 0 bridgehead atoms. The van der Waals surface area contributed by atoms with Gasteiger partial charge in [0.25, 0.3) is 0 Å². The van der Waals surface area contributed by atoms with Crippen molar-refractivity contribution in [1.82, 2.24) is 14.5 Å². The van der Waals surface area contributed by atoms with Crippen molar-refractivity contribution in [2.45, 2.75) is 23.6 Å². The summed E-state index contributed by atoms with van der Waals surface area (Å²) >= 11 is 6.07. The van der Waals surface area contributed by atoms with Crippen LogP contribution in [0, 0.1) is 5.92 Å². The number of nitrogens with zero attached hydrogens (tertiary/aromatic N) is 2. The summed E-state index contributed by atoms with van der Waals surface area (Å²) in [5.41, 5.74) is 0. The summed E-state index contributed by atoms with van der Waals surface area (Å²) in [5.74, 6) is 0.178. The molecule has 1 fully saturated rings. The van der Waals surface area contributed by atoms with Gasteiger partial charge in [0.15, 0.2) is 0 Å².